The van der Waals surface area contributed by atoms with Crippen LogP contribution >= 0.6 is 22.6 Å². The highest BCUT2D eigenvalue weighted by molar-refractivity contribution is 14.1. The Balaban J connectivity index is 2.90. The highest BCUT2D eigenvalue weighted by Gasteiger charge is 2.04. The second-order valence-corrected chi connectivity index (χ2v) is 3.99. The SMILES string of the molecule is N#CCc1ccc(CC(=O)O)cc1I. The summed E-state index contributed by atoms with van der Waals surface area (Å²) in [5.74, 6) is -0.839. The maximum atomic E-state index is 10.4. The van der Waals surface area contributed by atoms with Gasteiger partial charge in [0.1, 0.15) is 0 Å². The summed E-state index contributed by atoms with van der Waals surface area (Å²) in [4.78, 5) is 10.4. The maximum absolute atomic E-state index is 10.4. The molecule has 1 rings (SSSR count). The van der Waals surface area contributed by atoms with Crippen LogP contribution in [0.5, 0.6) is 0 Å². The highest BCUT2D eigenvalue weighted by Crippen LogP contribution is 2.15. The number of carbonyl (C=O) groups is 1. The highest BCUT2D eigenvalue weighted by atomic mass is 127. The molecule has 4 heteroatoms. The average Bonchev–Trinajstić information content (AvgIpc) is 2.09. The second-order valence-electron chi connectivity index (χ2n) is 2.83. The molecular formula is C10H8INO2. The average molecular weight is 301 g/mol. The van der Waals surface area contributed by atoms with E-state index in [1.165, 1.54) is 0 Å². The van der Waals surface area contributed by atoms with Crippen molar-refractivity contribution in [1.82, 2.24) is 0 Å². The molecule has 14 heavy (non-hydrogen) atoms. The fourth-order valence-corrected chi connectivity index (χ4v) is 1.87. The van der Waals surface area contributed by atoms with Crippen LogP contribution in [-0.2, 0) is 17.6 Å². The van der Waals surface area contributed by atoms with Gasteiger partial charge >= 0.3 is 5.97 Å². The van der Waals surface area contributed by atoms with Crippen LogP contribution in [0.4, 0.5) is 0 Å². The lowest BCUT2D eigenvalue weighted by Gasteiger charge is -2.02. The summed E-state index contributed by atoms with van der Waals surface area (Å²) in [6, 6.07) is 7.43. The maximum Gasteiger partial charge on any atom is 0.307 e. The Hall–Kier alpha value is -1.09. The Morgan fingerprint density at radius 3 is 2.79 bits per heavy atom. The van der Waals surface area contributed by atoms with Crippen molar-refractivity contribution < 1.29 is 9.90 Å². The minimum Gasteiger partial charge on any atom is -0.481 e. The quantitative estimate of drug-likeness (QED) is 0.868. The molecule has 0 spiro atoms. The zero-order chi connectivity index (χ0) is 10.6. The number of rotatable bonds is 3. The summed E-state index contributed by atoms with van der Waals surface area (Å²) in [5, 5.41) is 17.1. The molecule has 0 amide bonds. The standard InChI is InChI=1S/C10H8INO2/c11-9-5-7(6-10(13)14)1-2-8(9)3-4-12/h1-2,5H,3,6H2,(H,13,14). The lowest BCUT2D eigenvalue weighted by Crippen LogP contribution is -2.01. The molecule has 0 radical (unpaired) electrons. The van der Waals surface area contributed by atoms with E-state index in [0.29, 0.717) is 6.42 Å². The number of nitriles is 1. The van der Waals surface area contributed by atoms with E-state index in [9.17, 15) is 4.79 Å². The Kier molecular flexibility index (Phi) is 3.89. The lowest BCUT2D eigenvalue weighted by molar-refractivity contribution is -0.136. The predicted molar refractivity (Wildman–Crippen MR) is 59.8 cm³/mol. The first-order chi connectivity index (χ1) is 6.63. The van der Waals surface area contributed by atoms with Gasteiger partial charge in [0.25, 0.3) is 0 Å². The van der Waals surface area contributed by atoms with Crippen molar-refractivity contribution in [3.8, 4) is 6.07 Å². The fraction of sp³-hybridized carbons (Fsp3) is 0.200. The van der Waals surface area contributed by atoms with Crippen LogP contribution in [0.1, 0.15) is 11.1 Å². The first-order valence-corrected chi connectivity index (χ1v) is 5.07. The Morgan fingerprint density at radius 2 is 2.29 bits per heavy atom. The van der Waals surface area contributed by atoms with Crippen LogP contribution in [0.2, 0.25) is 0 Å². The molecule has 1 aromatic rings. The molecule has 0 fully saturated rings. The van der Waals surface area contributed by atoms with E-state index in [1.54, 1.807) is 12.1 Å². The molecule has 1 N–H and O–H groups in total. The van der Waals surface area contributed by atoms with E-state index < -0.39 is 5.97 Å². The molecule has 0 saturated carbocycles. The molecule has 0 saturated heterocycles. The van der Waals surface area contributed by atoms with Crippen LogP contribution in [0.15, 0.2) is 18.2 Å². The van der Waals surface area contributed by atoms with Crippen LogP contribution in [0, 0.1) is 14.9 Å². The molecule has 0 atom stereocenters. The molecule has 72 valence electrons. The van der Waals surface area contributed by atoms with Crippen LogP contribution in [0.3, 0.4) is 0 Å². The zero-order valence-electron chi connectivity index (χ0n) is 7.33. The number of halogens is 1. The topological polar surface area (TPSA) is 61.1 Å². The van der Waals surface area contributed by atoms with E-state index >= 15 is 0 Å². The number of benzene rings is 1. The number of hydrogen-bond donors (Lipinski definition) is 1. The number of nitrogens with zero attached hydrogens (tertiary/aromatic N) is 1. The van der Waals surface area contributed by atoms with Crippen molar-refractivity contribution in [3.05, 3.63) is 32.9 Å². The van der Waals surface area contributed by atoms with Gasteiger partial charge in [0.2, 0.25) is 0 Å². The number of carboxylic acid groups (broad SMARTS) is 1. The predicted octanol–water partition coefficient (Wildman–Crippen LogP) is 1.98. The normalized spacial score (nSPS) is 9.43. The van der Waals surface area contributed by atoms with Crippen LogP contribution in [0.25, 0.3) is 0 Å². The monoisotopic (exact) mass is 301 g/mol. The Bertz CT molecular complexity index is 396. The summed E-state index contributed by atoms with van der Waals surface area (Å²) in [6.45, 7) is 0. The molecule has 0 aromatic heterocycles. The third-order valence-electron chi connectivity index (χ3n) is 1.74. The summed E-state index contributed by atoms with van der Waals surface area (Å²) in [7, 11) is 0. The zero-order valence-corrected chi connectivity index (χ0v) is 9.48. The fourth-order valence-electron chi connectivity index (χ4n) is 1.10. The van der Waals surface area contributed by atoms with Crippen LogP contribution < -0.4 is 0 Å². The van der Waals surface area contributed by atoms with Gasteiger partial charge in [0.15, 0.2) is 0 Å². The molecule has 3 nitrogen and oxygen atoms in total. The van der Waals surface area contributed by atoms with E-state index in [1.807, 2.05) is 6.07 Å². The van der Waals surface area contributed by atoms with Gasteiger partial charge in [-0.1, -0.05) is 12.1 Å². The Morgan fingerprint density at radius 1 is 1.57 bits per heavy atom. The summed E-state index contributed by atoms with van der Waals surface area (Å²) in [5.41, 5.74) is 1.71. The molecule has 0 aliphatic heterocycles. The van der Waals surface area contributed by atoms with E-state index in [2.05, 4.69) is 28.7 Å². The van der Waals surface area contributed by atoms with Crippen molar-refractivity contribution >= 4 is 28.6 Å². The first-order valence-electron chi connectivity index (χ1n) is 3.99. The summed E-state index contributed by atoms with van der Waals surface area (Å²) in [6.07, 6.45) is 0.397. The van der Waals surface area contributed by atoms with Crippen molar-refractivity contribution in [2.75, 3.05) is 0 Å². The molecule has 0 unspecified atom stereocenters. The number of aliphatic carboxylic acids is 1. The van der Waals surface area contributed by atoms with E-state index in [4.69, 9.17) is 10.4 Å². The molecule has 0 heterocycles. The molecule has 1 aromatic carbocycles. The Labute approximate surface area is 95.5 Å². The summed E-state index contributed by atoms with van der Waals surface area (Å²) < 4.78 is 0.947. The van der Waals surface area contributed by atoms with Gasteiger partial charge in [-0.05, 0) is 39.8 Å². The van der Waals surface area contributed by atoms with Gasteiger partial charge in [0.05, 0.1) is 18.9 Å². The molecule has 0 aliphatic rings. The van der Waals surface area contributed by atoms with Crippen molar-refractivity contribution in [2.45, 2.75) is 12.8 Å². The largest absolute Gasteiger partial charge is 0.481 e. The number of hydrogen-bond acceptors (Lipinski definition) is 2. The van der Waals surface area contributed by atoms with Gasteiger partial charge in [-0.25, -0.2) is 0 Å². The lowest BCUT2D eigenvalue weighted by atomic mass is 10.1. The van der Waals surface area contributed by atoms with Crippen molar-refractivity contribution in [2.24, 2.45) is 0 Å². The minimum atomic E-state index is -0.839. The minimum absolute atomic E-state index is 0.0306. The second kappa shape index (κ2) is 4.96. The molecule has 0 aliphatic carbocycles. The molecular weight excluding hydrogens is 293 g/mol. The van der Waals surface area contributed by atoms with E-state index in [-0.39, 0.29) is 6.42 Å². The first kappa shape index (κ1) is 11.0. The third kappa shape index (κ3) is 3.00. The van der Waals surface area contributed by atoms with Gasteiger partial charge in [-0.2, -0.15) is 5.26 Å². The van der Waals surface area contributed by atoms with Crippen LogP contribution in [-0.4, -0.2) is 11.1 Å². The van der Waals surface area contributed by atoms with Crippen molar-refractivity contribution in [3.63, 3.8) is 0 Å². The molecule has 0 bridgehead atoms. The third-order valence-corrected chi connectivity index (χ3v) is 2.75. The van der Waals surface area contributed by atoms with E-state index in [0.717, 1.165) is 14.7 Å². The smallest absolute Gasteiger partial charge is 0.307 e. The van der Waals surface area contributed by atoms with Crippen molar-refractivity contribution in [1.29, 1.82) is 5.26 Å². The van der Waals surface area contributed by atoms with Gasteiger partial charge < -0.3 is 5.11 Å². The summed E-state index contributed by atoms with van der Waals surface area (Å²) >= 11 is 2.11. The number of carboxylic acids is 1. The van der Waals surface area contributed by atoms with Gasteiger partial charge in [-0.3, -0.25) is 4.79 Å². The van der Waals surface area contributed by atoms with Gasteiger partial charge in [0, 0.05) is 3.57 Å². The van der Waals surface area contributed by atoms with Gasteiger partial charge in [-0.15, -0.1) is 0 Å².